The van der Waals surface area contributed by atoms with Crippen LogP contribution in [0.5, 0.6) is 0 Å². The van der Waals surface area contributed by atoms with Gasteiger partial charge in [-0.25, -0.2) is 0 Å². The Kier molecular flexibility index (Phi) is 49.8. The summed E-state index contributed by atoms with van der Waals surface area (Å²) >= 11 is 2.74. The van der Waals surface area contributed by atoms with Gasteiger partial charge >= 0.3 is 38.2 Å². The second-order valence-corrected chi connectivity index (χ2v) is 7.71. The van der Waals surface area contributed by atoms with E-state index >= 15 is 0 Å². The van der Waals surface area contributed by atoms with E-state index in [4.69, 9.17) is 0 Å². The second-order valence-electron chi connectivity index (χ2n) is 0.105. The molecule has 0 heterocycles. The van der Waals surface area contributed by atoms with Gasteiger partial charge in [0.25, 0.3) is 0 Å². The first kappa shape index (κ1) is 15.6. The summed E-state index contributed by atoms with van der Waals surface area (Å²) in [6, 6.07) is 0. The molecule has 1 radical (unpaired) electrons. The minimum absolute atomic E-state index is 0. The summed E-state index contributed by atoms with van der Waals surface area (Å²) in [5.41, 5.74) is 0. The van der Waals surface area contributed by atoms with Gasteiger partial charge in [0.1, 0.15) is 0 Å². The molecule has 5 heavy (non-hydrogen) atoms. The van der Waals surface area contributed by atoms with E-state index in [0.717, 1.165) is 0 Å². The SMILES string of the molecule is [Co].[Ni].[PH2][V][Mo]. The van der Waals surface area contributed by atoms with Crippen molar-refractivity contribution < 1.29 is 63.7 Å². The Bertz CT molecular complexity index is 11.6. The fourth-order valence-corrected chi connectivity index (χ4v) is 0. The molecule has 0 aliphatic carbocycles. The van der Waals surface area contributed by atoms with Crippen LogP contribution in [0.4, 0.5) is 0 Å². The van der Waals surface area contributed by atoms with Crippen molar-refractivity contribution in [2.45, 2.75) is 0 Å². The van der Waals surface area contributed by atoms with Crippen LogP contribution in [-0.4, -0.2) is 0 Å². The van der Waals surface area contributed by atoms with Crippen molar-refractivity contribution in [2.75, 3.05) is 0 Å². The second kappa shape index (κ2) is 15.9. The molecule has 37 valence electrons. The van der Waals surface area contributed by atoms with E-state index in [0.29, 0.717) is 13.1 Å². The molecule has 0 aromatic carbocycles. The number of hydrogen-bond acceptors (Lipinski definition) is 0. The van der Waals surface area contributed by atoms with Crippen molar-refractivity contribution in [2.24, 2.45) is 0 Å². The monoisotopic (exact) mass is 299 g/mol. The van der Waals surface area contributed by atoms with Crippen LogP contribution < -0.4 is 0 Å². The van der Waals surface area contributed by atoms with Gasteiger partial charge in [0.05, 0.1) is 0 Å². The third-order valence-electron chi connectivity index (χ3n) is 0. The van der Waals surface area contributed by atoms with Gasteiger partial charge in [0.2, 0.25) is 0 Å². The third-order valence-corrected chi connectivity index (χ3v) is 0. The molecule has 1 atom stereocenters. The first-order chi connectivity index (χ1) is 1.41. The third kappa shape index (κ3) is 20.3. The number of rotatable bonds is 0. The maximum atomic E-state index is 2.68. The molecule has 0 saturated carbocycles. The van der Waals surface area contributed by atoms with Crippen LogP contribution in [0.1, 0.15) is 0 Å². The summed E-state index contributed by atoms with van der Waals surface area (Å²) in [5, 5.41) is 0. The summed E-state index contributed by atoms with van der Waals surface area (Å²) in [7, 11) is 2.68. The zero-order chi connectivity index (χ0) is 2.71. The zero-order valence-electron chi connectivity index (χ0n) is 2.08. The summed E-state index contributed by atoms with van der Waals surface area (Å²) in [5.74, 6) is 0. The molecule has 0 aliphatic heterocycles. The van der Waals surface area contributed by atoms with Crippen LogP contribution in [0.25, 0.3) is 0 Å². The van der Waals surface area contributed by atoms with E-state index in [1.54, 1.807) is 0 Å². The van der Waals surface area contributed by atoms with E-state index in [1.165, 1.54) is 0 Å². The summed E-state index contributed by atoms with van der Waals surface area (Å²) in [6.07, 6.45) is 0. The molecule has 0 fully saturated rings. The van der Waals surface area contributed by atoms with E-state index in [1.807, 2.05) is 0 Å². The Morgan fingerprint density at radius 2 is 1.60 bits per heavy atom. The van der Waals surface area contributed by atoms with Crippen LogP contribution in [0, 0.1) is 0 Å². The predicted octanol–water partition coefficient (Wildman–Crippen LogP) is 0.316. The van der Waals surface area contributed by atoms with Gasteiger partial charge in [0, 0.05) is 33.3 Å². The van der Waals surface area contributed by atoms with Crippen LogP contribution >= 0.6 is 7.71 Å². The first-order valence-corrected chi connectivity index (χ1v) is 7.65. The zero-order valence-corrected chi connectivity index (χ0v) is 8.67. The quantitative estimate of drug-likeness (QED) is 0.446. The van der Waals surface area contributed by atoms with Crippen LogP contribution in [0.15, 0.2) is 0 Å². The van der Waals surface area contributed by atoms with Crippen molar-refractivity contribution in [1.29, 1.82) is 0 Å². The molecule has 0 spiro atoms. The molecule has 0 aromatic heterocycles. The Hall–Kier alpha value is 2.70. The number of hydrogen-bond donors (Lipinski definition) is 0. The molecule has 0 aromatic rings. The standard InChI is InChI=1S/Co.Mo.Ni.H2P.V/h;;;1H2;/q;;;-1;+1. The van der Waals surface area contributed by atoms with E-state index in [2.05, 4.69) is 25.1 Å². The molecule has 0 saturated heterocycles. The molecule has 0 rings (SSSR count). The molecular formula is H2CoMoNiPV. The van der Waals surface area contributed by atoms with Crippen molar-refractivity contribution in [3.8, 4) is 0 Å². The predicted molar refractivity (Wildman–Crippen MR) is 9.71 cm³/mol. The molecule has 0 aliphatic rings. The average Bonchev–Trinajstić information content (AvgIpc) is 0.918. The minimum atomic E-state index is 0. The topological polar surface area (TPSA) is 0 Å². The summed E-state index contributed by atoms with van der Waals surface area (Å²) in [6.45, 7) is 0. The van der Waals surface area contributed by atoms with E-state index in [9.17, 15) is 0 Å². The Labute approximate surface area is 70.5 Å². The van der Waals surface area contributed by atoms with E-state index in [-0.39, 0.29) is 33.3 Å². The normalized spacial score (nSPS) is 2.60. The van der Waals surface area contributed by atoms with Crippen molar-refractivity contribution in [3.05, 3.63) is 0 Å². The molecule has 1 unspecified atom stereocenters. The molecule has 0 N–H and O–H groups in total. The first-order valence-electron chi connectivity index (χ1n) is 0.441. The van der Waals surface area contributed by atoms with Crippen LogP contribution in [-0.2, 0) is 63.7 Å². The maximum absolute atomic E-state index is 2.68. The van der Waals surface area contributed by atoms with Crippen molar-refractivity contribution in [3.63, 3.8) is 0 Å². The van der Waals surface area contributed by atoms with Crippen LogP contribution in [0.2, 0.25) is 0 Å². The van der Waals surface area contributed by atoms with Gasteiger partial charge in [-0.1, -0.05) is 0 Å². The summed E-state index contributed by atoms with van der Waals surface area (Å²) < 4.78 is 0. The van der Waals surface area contributed by atoms with Crippen molar-refractivity contribution >= 4 is 7.71 Å². The van der Waals surface area contributed by atoms with Crippen LogP contribution in [0.3, 0.4) is 0 Å². The molecule has 5 heteroatoms. The Balaban J connectivity index is -0.0000000200. The fraction of sp³-hybridized carbons (Fsp3) is 0. The van der Waals surface area contributed by atoms with Gasteiger partial charge < -0.3 is 0 Å². The van der Waals surface area contributed by atoms with Crippen molar-refractivity contribution in [1.82, 2.24) is 0 Å². The Morgan fingerprint density at radius 3 is 1.60 bits per heavy atom. The molecule has 0 bridgehead atoms. The summed E-state index contributed by atoms with van der Waals surface area (Å²) in [4.78, 5) is 0. The van der Waals surface area contributed by atoms with Gasteiger partial charge in [-0.3, -0.25) is 0 Å². The van der Waals surface area contributed by atoms with Gasteiger partial charge in [-0.05, 0) is 0 Å². The molecule has 0 amide bonds. The average molecular weight is 298 g/mol. The van der Waals surface area contributed by atoms with Gasteiger partial charge in [-0.15, -0.1) is 0 Å². The Morgan fingerprint density at radius 1 is 1.60 bits per heavy atom. The molecular weight excluding hydrogens is 295 g/mol. The molecule has 0 nitrogen and oxygen atoms in total. The van der Waals surface area contributed by atoms with Gasteiger partial charge in [0.15, 0.2) is 0 Å². The van der Waals surface area contributed by atoms with E-state index < -0.39 is 0 Å². The fourth-order valence-electron chi connectivity index (χ4n) is 0. The van der Waals surface area contributed by atoms with Gasteiger partial charge in [-0.2, -0.15) is 0 Å².